The summed E-state index contributed by atoms with van der Waals surface area (Å²) in [6.45, 7) is 0.145. The van der Waals surface area contributed by atoms with E-state index in [9.17, 15) is 0 Å². The van der Waals surface area contributed by atoms with Crippen molar-refractivity contribution in [1.29, 1.82) is 0 Å². The highest BCUT2D eigenvalue weighted by atomic mass is 16.7. The van der Waals surface area contributed by atoms with Crippen LogP contribution >= 0.6 is 0 Å². The van der Waals surface area contributed by atoms with Crippen molar-refractivity contribution in [2.45, 2.75) is 0 Å². The lowest BCUT2D eigenvalue weighted by Crippen LogP contribution is -2.02. The minimum Gasteiger partial charge on any atom is -0.493 e. The van der Waals surface area contributed by atoms with Gasteiger partial charge < -0.3 is 23.7 Å². The van der Waals surface area contributed by atoms with Gasteiger partial charge in [0.15, 0.2) is 18.3 Å². The standard InChI is InChI=1S/C11H16O5/c1-12-7-16-9-6-5-8(13-2)10(14-3)11(9)15-4/h5-6H,7H2,1-4H3. The maximum atomic E-state index is 5.34. The third-order valence-corrected chi connectivity index (χ3v) is 2.00. The number of methoxy groups -OCH3 is 4. The molecule has 0 unspecified atom stereocenters. The molecule has 1 rings (SSSR count). The zero-order valence-corrected chi connectivity index (χ0v) is 9.90. The Balaban J connectivity index is 3.10. The SMILES string of the molecule is COCOc1ccc(OC)c(OC)c1OC. The Morgan fingerprint density at radius 2 is 1.38 bits per heavy atom. The molecule has 0 aliphatic rings. The van der Waals surface area contributed by atoms with Crippen molar-refractivity contribution in [2.24, 2.45) is 0 Å². The van der Waals surface area contributed by atoms with Crippen molar-refractivity contribution >= 4 is 0 Å². The first-order valence-corrected chi connectivity index (χ1v) is 4.69. The number of rotatable bonds is 6. The summed E-state index contributed by atoms with van der Waals surface area (Å²) in [6, 6.07) is 3.48. The summed E-state index contributed by atoms with van der Waals surface area (Å²) in [5, 5.41) is 0. The summed E-state index contributed by atoms with van der Waals surface area (Å²) >= 11 is 0. The molecule has 0 bridgehead atoms. The quantitative estimate of drug-likeness (QED) is 0.693. The van der Waals surface area contributed by atoms with Gasteiger partial charge in [0.25, 0.3) is 0 Å². The highest BCUT2D eigenvalue weighted by Gasteiger charge is 2.16. The van der Waals surface area contributed by atoms with E-state index in [1.807, 2.05) is 0 Å². The third kappa shape index (κ3) is 2.49. The first-order valence-electron chi connectivity index (χ1n) is 4.69. The lowest BCUT2D eigenvalue weighted by Gasteiger charge is -2.15. The average molecular weight is 228 g/mol. The molecule has 0 aliphatic carbocycles. The van der Waals surface area contributed by atoms with E-state index in [4.69, 9.17) is 23.7 Å². The van der Waals surface area contributed by atoms with Gasteiger partial charge in [0.2, 0.25) is 11.5 Å². The van der Waals surface area contributed by atoms with Crippen molar-refractivity contribution in [1.82, 2.24) is 0 Å². The van der Waals surface area contributed by atoms with E-state index in [1.54, 1.807) is 33.5 Å². The Morgan fingerprint density at radius 3 is 1.88 bits per heavy atom. The molecule has 0 fully saturated rings. The van der Waals surface area contributed by atoms with Crippen LogP contribution in [0.15, 0.2) is 12.1 Å². The molecule has 16 heavy (non-hydrogen) atoms. The Hall–Kier alpha value is -1.62. The lowest BCUT2D eigenvalue weighted by molar-refractivity contribution is 0.0488. The number of hydrogen-bond acceptors (Lipinski definition) is 5. The van der Waals surface area contributed by atoms with Crippen LogP contribution in [0.4, 0.5) is 0 Å². The Morgan fingerprint density at radius 1 is 0.812 bits per heavy atom. The molecule has 0 heterocycles. The lowest BCUT2D eigenvalue weighted by atomic mass is 10.2. The fourth-order valence-corrected chi connectivity index (χ4v) is 1.31. The molecule has 90 valence electrons. The fraction of sp³-hybridized carbons (Fsp3) is 0.455. The predicted octanol–water partition coefficient (Wildman–Crippen LogP) is 1.70. The van der Waals surface area contributed by atoms with E-state index < -0.39 is 0 Å². The van der Waals surface area contributed by atoms with Gasteiger partial charge in [-0.15, -0.1) is 0 Å². The summed E-state index contributed by atoms with van der Waals surface area (Å²) in [5.74, 6) is 2.11. The molecular weight excluding hydrogens is 212 g/mol. The molecule has 0 amide bonds. The van der Waals surface area contributed by atoms with Crippen molar-refractivity contribution in [2.75, 3.05) is 35.2 Å². The largest absolute Gasteiger partial charge is 0.493 e. The molecule has 1 aromatic rings. The zero-order valence-electron chi connectivity index (χ0n) is 9.90. The molecule has 0 saturated heterocycles. The van der Waals surface area contributed by atoms with Gasteiger partial charge >= 0.3 is 0 Å². The Bertz CT molecular complexity index is 337. The molecule has 0 saturated carbocycles. The fourth-order valence-electron chi connectivity index (χ4n) is 1.31. The van der Waals surface area contributed by atoms with Gasteiger partial charge in [-0.1, -0.05) is 0 Å². The van der Waals surface area contributed by atoms with Crippen LogP contribution in [0.3, 0.4) is 0 Å². The smallest absolute Gasteiger partial charge is 0.207 e. The summed E-state index contributed by atoms with van der Waals surface area (Å²) in [5.41, 5.74) is 0. The minimum absolute atomic E-state index is 0.145. The van der Waals surface area contributed by atoms with Gasteiger partial charge in [-0.3, -0.25) is 0 Å². The summed E-state index contributed by atoms with van der Waals surface area (Å²) < 4.78 is 25.7. The average Bonchev–Trinajstić information content (AvgIpc) is 2.34. The topological polar surface area (TPSA) is 46.2 Å². The summed E-state index contributed by atoms with van der Waals surface area (Å²) in [4.78, 5) is 0. The molecule has 0 N–H and O–H groups in total. The predicted molar refractivity (Wildman–Crippen MR) is 58.6 cm³/mol. The van der Waals surface area contributed by atoms with Crippen LogP contribution in [0.1, 0.15) is 0 Å². The van der Waals surface area contributed by atoms with E-state index in [1.165, 1.54) is 7.11 Å². The highest BCUT2D eigenvalue weighted by molar-refractivity contribution is 5.58. The third-order valence-electron chi connectivity index (χ3n) is 2.00. The normalized spacial score (nSPS) is 9.75. The monoisotopic (exact) mass is 228 g/mol. The van der Waals surface area contributed by atoms with Gasteiger partial charge in [0.1, 0.15) is 0 Å². The van der Waals surface area contributed by atoms with Gasteiger partial charge in [0.05, 0.1) is 21.3 Å². The van der Waals surface area contributed by atoms with Crippen LogP contribution in [0.25, 0.3) is 0 Å². The molecule has 5 heteroatoms. The van der Waals surface area contributed by atoms with E-state index >= 15 is 0 Å². The molecule has 1 aromatic carbocycles. The number of benzene rings is 1. The Kier molecular flexibility index (Phi) is 4.72. The van der Waals surface area contributed by atoms with E-state index in [0.29, 0.717) is 23.0 Å². The van der Waals surface area contributed by atoms with Gasteiger partial charge in [0, 0.05) is 7.11 Å². The van der Waals surface area contributed by atoms with Gasteiger partial charge in [-0.25, -0.2) is 0 Å². The van der Waals surface area contributed by atoms with Crippen LogP contribution in [0.2, 0.25) is 0 Å². The van der Waals surface area contributed by atoms with Crippen molar-refractivity contribution < 1.29 is 23.7 Å². The first-order chi connectivity index (χ1) is 7.78. The van der Waals surface area contributed by atoms with Crippen molar-refractivity contribution in [3.63, 3.8) is 0 Å². The maximum absolute atomic E-state index is 5.34. The molecule has 0 aromatic heterocycles. The first kappa shape index (κ1) is 12.4. The van der Waals surface area contributed by atoms with E-state index in [2.05, 4.69) is 0 Å². The van der Waals surface area contributed by atoms with Crippen LogP contribution in [-0.2, 0) is 4.74 Å². The molecule has 0 atom stereocenters. The zero-order chi connectivity index (χ0) is 12.0. The number of ether oxygens (including phenoxy) is 5. The second kappa shape index (κ2) is 6.07. The Labute approximate surface area is 94.8 Å². The maximum Gasteiger partial charge on any atom is 0.207 e. The van der Waals surface area contributed by atoms with Crippen LogP contribution in [0, 0.1) is 0 Å². The summed E-state index contributed by atoms with van der Waals surface area (Å²) in [6.07, 6.45) is 0. The van der Waals surface area contributed by atoms with E-state index in [0.717, 1.165) is 0 Å². The minimum atomic E-state index is 0.145. The molecule has 0 spiro atoms. The van der Waals surface area contributed by atoms with Crippen LogP contribution in [-0.4, -0.2) is 35.2 Å². The molecule has 0 radical (unpaired) electrons. The number of hydrogen-bond donors (Lipinski definition) is 0. The van der Waals surface area contributed by atoms with Gasteiger partial charge in [-0.2, -0.15) is 0 Å². The highest BCUT2D eigenvalue weighted by Crippen LogP contribution is 2.43. The van der Waals surface area contributed by atoms with Crippen LogP contribution in [0.5, 0.6) is 23.0 Å². The molecule has 5 nitrogen and oxygen atoms in total. The van der Waals surface area contributed by atoms with Crippen molar-refractivity contribution in [3.05, 3.63) is 12.1 Å². The second-order valence-electron chi connectivity index (χ2n) is 2.88. The second-order valence-corrected chi connectivity index (χ2v) is 2.88. The molecular formula is C11H16O5. The summed E-state index contributed by atoms with van der Waals surface area (Å²) in [7, 11) is 6.19. The van der Waals surface area contributed by atoms with E-state index in [-0.39, 0.29) is 6.79 Å². The van der Waals surface area contributed by atoms with Crippen molar-refractivity contribution in [3.8, 4) is 23.0 Å². The molecule has 0 aliphatic heterocycles. The van der Waals surface area contributed by atoms with Gasteiger partial charge in [-0.05, 0) is 12.1 Å². The van der Waals surface area contributed by atoms with Crippen LogP contribution < -0.4 is 18.9 Å².